The van der Waals surface area contributed by atoms with Crippen LogP contribution in [0.25, 0.3) is 90.2 Å². The maximum atomic E-state index is 8.25. The summed E-state index contributed by atoms with van der Waals surface area (Å²) in [5, 5.41) is 1.46. The molecule has 0 saturated heterocycles. The van der Waals surface area contributed by atoms with Gasteiger partial charge in [-0.3, -0.25) is 19.9 Å². The predicted molar refractivity (Wildman–Crippen MR) is 146 cm³/mol. The van der Waals surface area contributed by atoms with Gasteiger partial charge in [-0.2, -0.15) is 0 Å². The Morgan fingerprint density at radius 1 is 0.452 bits per heavy atom. The van der Waals surface area contributed by atoms with Crippen molar-refractivity contribution in [3.8, 4) is 45.8 Å². The molecule has 194 valence electrons. The number of hydrogen-bond donors (Lipinski definition) is 0. The number of rotatable bonds is 0. The van der Waals surface area contributed by atoms with E-state index in [9.17, 15) is 0 Å². The van der Waals surface area contributed by atoms with E-state index < -0.39 is 0 Å². The number of pyridine rings is 4. The molecule has 42 heavy (non-hydrogen) atoms. The SMILES string of the molecule is [O]=[Ti+2].c1cnc2c(c1)-c1nc-2nc2[n-]c(nc3nc(nc4[n-]c(n1)c1ncccc41)-c1ncccc1-3)c1ncccc21. The summed E-state index contributed by atoms with van der Waals surface area (Å²) >= 11 is 0.750. The molecule has 13 nitrogen and oxygen atoms in total. The van der Waals surface area contributed by atoms with Crippen LogP contribution in [0.2, 0.25) is 0 Å². The zero-order chi connectivity index (χ0) is 28.2. The van der Waals surface area contributed by atoms with Crippen LogP contribution in [0.3, 0.4) is 0 Å². The standard InChI is InChI=1S/C28H12N12.O.Ti/c1-5-13-17(29-9-1)25-33-21(13)37-26-18-14(6-2-10-30-18)23(34-26)39-28-20-16(8-4-12-32-20)24(36-28)40-27-19-15(7-3-11-31-19)22(35-27)38-25;;/h1-12H;;/q-2;;+2. The Kier molecular flexibility index (Phi) is 5.52. The normalized spacial score (nSPS) is 11.6. The van der Waals surface area contributed by atoms with Crippen LogP contribution in [0.15, 0.2) is 73.3 Å². The zero-order valence-corrected chi connectivity index (χ0v) is 22.8. The third-order valence-corrected chi connectivity index (χ3v) is 6.74. The molecule has 0 atom stereocenters. The van der Waals surface area contributed by atoms with Gasteiger partial charge in [-0.15, -0.1) is 0 Å². The van der Waals surface area contributed by atoms with Gasteiger partial charge in [0.25, 0.3) is 0 Å². The van der Waals surface area contributed by atoms with Crippen LogP contribution >= 0.6 is 0 Å². The first-order valence-electron chi connectivity index (χ1n) is 12.5. The summed E-state index contributed by atoms with van der Waals surface area (Å²) in [5.41, 5.74) is 5.44. The Morgan fingerprint density at radius 2 is 0.857 bits per heavy atom. The molecule has 0 radical (unpaired) electrons. The van der Waals surface area contributed by atoms with Crippen molar-refractivity contribution in [1.82, 2.24) is 59.8 Å². The van der Waals surface area contributed by atoms with Crippen molar-refractivity contribution in [2.24, 2.45) is 0 Å². The summed E-state index contributed by atoms with van der Waals surface area (Å²) in [5.74, 6) is 1.61. The molecule has 0 aliphatic carbocycles. The maximum Gasteiger partial charge on any atom is 0.111 e. The van der Waals surface area contributed by atoms with E-state index in [1.807, 2.05) is 48.5 Å². The van der Waals surface area contributed by atoms with Gasteiger partial charge in [0.1, 0.15) is 23.0 Å². The van der Waals surface area contributed by atoms with Crippen molar-refractivity contribution in [2.45, 2.75) is 0 Å². The van der Waals surface area contributed by atoms with Crippen LogP contribution in [0, 0.1) is 0 Å². The second-order valence-corrected chi connectivity index (χ2v) is 9.08. The monoisotopic (exact) mass is 580 g/mol. The fourth-order valence-electron chi connectivity index (χ4n) is 4.96. The first-order valence-corrected chi connectivity index (χ1v) is 13.2. The third kappa shape index (κ3) is 3.68. The summed E-state index contributed by atoms with van der Waals surface area (Å²) in [4.78, 5) is 56.5. The summed E-state index contributed by atoms with van der Waals surface area (Å²) in [6.45, 7) is 0. The van der Waals surface area contributed by atoms with E-state index in [1.54, 1.807) is 24.8 Å². The molecule has 0 fully saturated rings. The molecule has 7 aromatic heterocycles. The Labute approximate surface area is 246 Å². The molecule has 2 aliphatic rings. The zero-order valence-electron chi connectivity index (χ0n) is 21.2. The molecule has 0 amide bonds. The summed E-state index contributed by atoms with van der Waals surface area (Å²) in [7, 11) is 0. The molecule has 14 heteroatoms. The Morgan fingerprint density at radius 3 is 1.33 bits per heavy atom. The molecule has 0 N–H and O–H groups in total. The van der Waals surface area contributed by atoms with Gasteiger partial charge in [0.15, 0.2) is 0 Å². The van der Waals surface area contributed by atoms with Crippen molar-refractivity contribution >= 4 is 44.4 Å². The van der Waals surface area contributed by atoms with Crippen LogP contribution in [0.1, 0.15) is 0 Å². The van der Waals surface area contributed by atoms with Crippen LogP contribution in [-0.4, -0.2) is 49.8 Å². The van der Waals surface area contributed by atoms with Crippen LogP contribution < -0.4 is 9.97 Å². The number of nitrogens with zero attached hydrogens (tertiary/aromatic N) is 12. The number of fused-ring (bicyclic) bond motifs is 20. The van der Waals surface area contributed by atoms with Crippen molar-refractivity contribution in [1.29, 1.82) is 0 Å². The summed E-state index contributed by atoms with van der Waals surface area (Å²) in [6, 6.07) is 14.9. The fraction of sp³-hybridized carbons (Fsp3) is 0. The van der Waals surface area contributed by atoms with Crippen LogP contribution in [-0.2, 0) is 23.7 Å². The van der Waals surface area contributed by atoms with Gasteiger partial charge in [-0.05, 0) is 36.4 Å². The molecule has 0 spiro atoms. The van der Waals surface area contributed by atoms with Crippen LogP contribution in [0.4, 0.5) is 0 Å². The van der Waals surface area contributed by atoms with Crippen molar-refractivity contribution in [3.63, 3.8) is 0 Å². The van der Waals surface area contributed by atoms with Gasteiger partial charge in [-0.25, -0.2) is 9.97 Å². The molecule has 0 saturated carbocycles. The molecule has 0 aromatic carbocycles. The Hall–Kier alpha value is -5.53. The summed E-state index contributed by atoms with van der Waals surface area (Å²) < 4.78 is 8.25. The fourth-order valence-corrected chi connectivity index (χ4v) is 4.96. The predicted octanol–water partition coefficient (Wildman–Crippen LogP) is 3.59. The van der Waals surface area contributed by atoms with E-state index in [2.05, 4.69) is 19.9 Å². The Balaban J connectivity index is 0.00000131. The van der Waals surface area contributed by atoms with E-state index >= 15 is 0 Å². The average molecular weight is 580 g/mol. The van der Waals surface area contributed by atoms with E-state index in [-0.39, 0.29) is 0 Å². The molecule has 7 aromatic rings. The molecule has 2 aliphatic heterocycles. The first kappa shape index (κ1) is 24.3. The topological polar surface area (TPSA) is 174 Å². The second-order valence-electron chi connectivity index (χ2n) is 9.08. The van der Waals surface area contributed by atoms with Gasteiger partial charge in [-0.1, -0.05) is 12.1 Å². The Bertz CT molecular complexity index is 2060. The largest absolute Gasteiger partial charge is 0.356 e. The third-order valence-electron chi connectivity index (χ3n) is 6.74. The first-order chi connectivity index (χ1) is 20.8. The van der Waals surface area contributed by atoms with Crippen molar-refractivity contribution in [3.05, 3.63) is 73.3 Å². The number of hydrogen-bond acceptors (Lipinski definition) is 11. The minimum Gasteiger partial charge on any atom is -0.356 e. The minimum absolute atomic E-state index is 0.383. The quantitative estimate of drug-likeness (QED) is 0.238. The van der Waals surface area contributed by atoms with E-state index in [0.717, 1.165) is 42.3 Å². The smallest absolute Gasteiger partial charge is 0.111 e. The molecule has 9 heterocycles. The molecule has 9 rings (SSSR count). The van der Waals surface area contributed by atoms with Gasteiger partial charge < -0.3 is 29.9 Å². The minimum atomic E-state index is 0.383. The molecule has 8 bridgehead atoms. The molecular formula is C28H12N12OTi. The average Bonchev–Trinajstić information content (AvgIpc) is 3.78. The van der Waals surface area contributed by atoms with Gasteiger partial charge in [0.05, 0.1) is 22.7 Å². The van der Waals surface area contributed by atoms with Crippen LogP contribution in [0.5, 0.6) is 0 Å². The molecule has 0 unspecified atom stereocenters. The van der Waals surface area contributed by atoms with Crippen molar-refractivity contribution < 1.29 is 23.7 Å². The van der Waals surface area contributed by atoms with E-state index in [4.69, 9.17) is 43.2 Å². The summed E-state index contributed by atoms with van der Waals surface area (Å²) in [6.07, 6.45) is 6.78. The maximum absolute atomic E-state index is 8.25. The number of aromatic nitrogens is 12. The van der Waals surface area contributed by atoms with Crippen molar-refractivity contribution in [2.75, 3.05) is 0 Å². The second kappa shape index (κ2) is 9.54. The van der Waals surface area contributed by atoms with Gasteiger partial charge in [0, 0.05) is 69.3 Å². The van der Waals surface area contributed by atoms with E-state index in [0.29, 0.717) is 68.3 Å². The van der Waals surface area contributed by atoms with E-state index in [1.165, 1.54) is 0 Å². The molecular weight excluding hydrogens is 568 g/mol. The van der Waals surface area contributed by atoms with Gasteiger partial charge >= 0.3 is 23.7 Å². The van der Waals surface area contributed by atoms with Gasteiger partial charge in [0.2, 0.25) is 0 Å².